The molecule has 1 heterocycles. The second kappa shape index (κ2) is 6.19. The van der Waals surface area contributed by atoms with Crippen molar-refractivity contribution in [2.75, 3.05) is 20.2 Å². The molecule has 0 aromatic carbocycles. The summed E-state index contributed by atoms with van der Waals surface area (Å²) < 4.78 is 6.45. The number of ether oxygens (including phenoxy) is 1. The van der Waals surface area contributed by atoms with Crippen LogP contribution in [0, 0.1) is 6.92 Å². The maximum Gasteiger partial charge on any atom is 0.306 e. The fraction of sp³-hybridized carbons (Fsp3) is 0.600. The molecule has 1 aromatic heterocycles. The maximum atomic E-state index is 10.8. The Hall–Kier alpha value is -1.36. The van der Waals surface area contributed by atoms with Crippen molar-refractivity contribution in [3.05, 3.63) is 18.0 Å². The third-order valence-corrected chi connectivity index (χ3v) is 2.16. The fourth-order valence-electron chi connectivity index (χ4n) is 1.24. The molecule has 0 aliphatic heterocycles. The van der Waals surface area contributed by atoms with Crippen molar-refractivity contribution in [1.82, 2.24) is 15.1 Å². The first-order chi connectivity index (χ1) is 7.24. The number of hydrogen-bond donors (Lipinski definition) is 1. The quantitative estimate of drug-likeness (QED) is 0.544. The van der Waals surface area contributed by atoms with Crippen LogP contribution in [0.5, 0.6) is 0 Å². The Morgan fingerprint density at radius 2 is 2.40 bits per heavy atom. The van der Waals surface area contributed by atoms with Gasteiger partial charge in [0.2, 0.25) is 0 Å². The molecule has 0 atom stereocenters. The third kappa shape index (κ3) is 4.12. The van der Waals surface area contributed by atoms with Gasteiger partial charge in [-0.3, -0.25) is 9.48 Å². The number of carbonyl (C=O) groups excluding carboxylic acids is 1. The lowest BCUT2D eigenvalue weighted by Crippen LogP contribution is -2.23. The van der Waals surface area contributed by atoms with Gasteiger partial charge in [0.05, 0.1) is 20.1 Å². The monoisotopic (exact) mass is 211 g/mol. The highest BCUT2D eigenvalue weighted by molar-refractivity contribution is 5.69. The summed E-state index contributed by atoms with van der Waals surface area (Å²) in [5.41, 5.74) is 1.14. The number of esters is 1. The first kappa shape index (κ1) is 11.7. The molecule has 15 heavy (non-hydrogen) atoms. The smallest absolute Gasteiger partial charge is 0.306 e. The summed E-state index contributed by atoms with van der Waals surface area (Å²) in [4.78, 5) is 10.8. The van der Waals surface area contributed by atoms with Gasteiger partial charge in [-0.1, -0.05) is 0 Å². The van der Waals surface area contributed by atoms with Crippen LogP contribution in [-0.2, 0) is 16.1 Å². The zero-order valence-electron chi connectivity index (χ0n) is 9.19. The Kier molecular flexibility index (Phi) is 4.83. The number of nitrogens with one attached hydrogen (secondary N) is 1. The maximum absolute atomic E-state index is 10.8. The van der Waals surface area contributed by atoms with Crippen LogP contribution >= 0.6 is 0 Å². The summed E-state index contributed by atoms with van der Waals surface area (Å²) in [5, 5.41) is 7.30. The summed E-state index contributed by atoms with van der Waals surface area (Å²) in [6.07, 6.45) is 2.19. The van der Waals surface area contributed by atoms with E-state index in [1.807, 2.05) is 17.7 Å². The number of carbonyl (C=O) groups is 1. The molecular weight excluding hydrogens is 194 g/mol. The SMILES string of the molecule is COC(=O)CCNCCn1nccc1C. The van der Waals surface area contributed by atoms with Gasteiger partial charge in [-0.2, -0.15) is 5.10 Å². The minimum absolute atomic E-state index is 0.183. The van der Waals surface area contributed by atoms with Crippen LogP contribution in [0.15, 0.2) is 12.3 Å². The van der Waals surface area contributed by atoms with E-state index in [-0.39, 0.29) is 5.97 Å². The van der Waals surface area contributed by atoms with Crippen LogP contribution in [0.1, 0.15) is 12.1 Å². The standard InChI is InChI=1S/C10H17N3O2/c1-9-3-6-12-13(9)8-7-11-5-4-10(14)15-2/h3,6,11H,4-5,7-8H2,1-2H3. The van der Waals surface area contributed by atoms with Crippen molar-refractivity contribution in [1.29, 1.82) is 0 Å². The van der Waals surface area contributed by atoms with E-state index in [1.54, 1.807) is 6.20 Å². The zero-order chi connectivity index (χ0) is 11.1. The van der Waals surface area contributed by atoms with Crippen molar-refractivity contribution in [3.8, 4) is 0 Å². The van der Waals surface area contributed by atoms with E-state index in [0.717, 1.165) is 18.8 Å². The minimum Gasteiger partial charge on any atom is -0.469 e. The molecule has 5 nitrogen and oxygen atoms in total. The van der Waals surface area contributed by atoms with Crippen molar-refractivity contribution in [3.63, 3.8) is 0 Å². The zero-order valence-corrected chi connectivity index (χ0v) is 9.19. The van der Waals surface area contributed by atoms with E-state index in [2.05, 4.69) is 15.2 Å². The highest BCUT2D eigenvalue weighted by Crippen LogP contribution is 1.94. The summed E-state index contributed by atoms with van der Waals surface area (Å²) in [6, 6.07) is 1.97. The van der Waals surface area contributed by atoms with Crippen molar-refractivity contribution in [2.45, 2.75) is 19.9 Å². The average molecular weight is 211 g/mol. The number of rotatable bonds is 6. The molecule has 0 saturated carbocycles. The van der Waals surface area contributed by atoms with Crippen LogP contribution < -0.4 is 5.32 Å². The molecule has 1 aromatic rings. The molecule has 5 heteroatoms. The Morgan fingerprint density at radius 1 is 1.60 bits per heavy atom. The van der Waals surface area contributed by atoms with Crippen LogP contribution in [0.2, 0.25) is 0 Å². The van der Waals surface area contributed by atoms with Gasteiger partial charge >= 0.3 is 5.97 Å². The average Bonchev–Trinajstić information content (AvgIpc) is 2.63. The van der Waals surface area contributed by atoms with Gasteiger partial charge in [0.25, 0.3) is 0 Å². The number of methoxy groups -OCH3 is 1. The van der Waals surface area contributed by atoms with Gasteiger partial charge in [-0.15, -0.1) is 0 Å². The molecule has 0 aliphatic carbocycles. The van der Waals surface area contributed by atoms with Crippen LogP contribution in [0.4, 0.5) is 0 Å². The van der Waals surface area contributed by atoms with E-state index in [4.69, 9.17) is 0 Å². The van der Waals surface area contributed by atoms with Crippen molar-refractivity contribution < 1.29 is 9.53 Å². The van der Waals surface area contributed by atoms with Gasteiger partial charge in [0, 0.05) is 25.0 Å². The van der Waals surface area contributed by atoms with Crippen LogP contribution in [-0.4, -0.2) is 35.9 Å². The predicted octanol–water partition coefficient (Wildman–Crippen LogP) is 0.344. The summed E-state index contributed by atoms with van der Waals surface area (Å²) in [6.45, 7) is 4.29. The van der Waals surface area contributed by atoms with Crippen molar-refractivity contribution >= 4 is 5.97 Å². The van der Waals surface area contributed by atoms with Crippen LogP contribution in [0.25, 0.3) is 0 Å². The lowest BCUT2D eigenvalue weighted by atomic mass is 10.4. The van der Waals surface area contributed by atoms with Crippen LogP contribution in [0.3, 0.4) is 0 Å². The first-order valence-electron chi connectivity index (χ1n) is 5.00. The van der Waals surface area contributed by atoms with E-state index in [9.17, 15) is 4.79 Å². The van der Waals surface area contributed by atoms with Crippen molar-refractivity contribution in [2.24, 2.45) is 0 Å². The van der Waals surface area contributed by atoms with E-state index < -0.39 is 0 Å². The number of aryl methyl sites for hydroxylation is 1. The Morgan fingerprint density at radius 3 is 3.00 bits per heavy atom. The molecular formula is C10H17N3O2. The summed E-state index contributed by atoms with van der Waals surface area (Å²) in [7, 11) is 1.40. The molecule has 0 saturated heterocycles. The Bertz CT molecular complexity index is 309. The highest BCUT2D eigenvalue weighted by Gasteiger charge is 1.99. The third-order valence-electron chi connectivity index (χ3n) is 2.16. The lowest BCUT2D eigenvalue weighted by molar-refractivity contribution is -0.140. The summed E-state index contributed by atoms with van der Waals surface area (Å²) >= 11 is 0. The Balaban J connectivity index is 2.07. The highest BCUT2D eigenvalue weighted by atomic mass is 16.5. The van der Waals surface area contributed by atoms with Gasteiger partial charge in [0.1, 0.15) is 0 Å². The molecule has 0 spiro atoms. The fourth-order valence-corrected chi connectivity index (χ4v) is 1.24. The topological polar surface area (TPSA) is 56.1 Å². The largest absolute Gasteiger partial charge is 0.469 e. The van der Waals surface area contributed by atoms with Gasteiger partial charge in [-0.25, -0.2) is 0 Å². The molecule has 1 rings (SSSR count). The van der Waals surface area contributed by atoms with Gasteiger partial charge < -0.3 is 10.1 Å². The molecule has 1 N–H and O–H groups in total. The molecule has 84 valence electrons. The number of hydrogen-bond acceptors (Lipinski definition) is 4. The second-order valence-corrected chi connectivity index (χ2v) is 3.27. The van der Waals surface area contributed by atoms with E-state index in [1.165, 1.54) is 7.11 Å². The normalized spacial score (nSPS) is 10.3. The molecule has 0 aliphatic rings. The number of nitrogens with zero attached hydrogens (tertiary/aromatic N) is 2. The van der Waals surface area contributed by atoms with Gasteiger partial charge in [0.15, 0.2) is 0 Å². The second-order valence-electron chi connectivity index (χ2n) is 3.27. The molecule has 0 radical (unpaired) electrons. The summed E-state index contributed by atoms with van der Waals surface area (Å²) in [5.74, 6) is -0.183. The first-order valence-corrected chi connectivity index (χ1v) is 5.00. The number of aromatic nitrogens is 2. The Labute approximate surface area is 89.4 Å². The predicted molar refractivity (Wildman–Crippen MR) is 56.5 cm³/mol. The molecule has 0 fully saturated rings. The van der Waals surface area contributed by atoms with E-state index >= 15 is 0 Å². The van der Waals surface area contributed by atoms with E-state index in [0.29, 0.717) is 13.0 Å². The minimum atomic E-state index is -0.183. The molecule has 0 unspecified atom stereocenters. The lowest BCUT2D eigenvalue weighted by Gasteiger charge is -2.05. The van der Waals surface area contributed by atoms with Gasteiger partial charge in [-0.05, 0) is 13.0 Å². The molecule has 0 amide bonds. The molecule has 0 bridgehead atoms.